The molecule has 1 fully saturated rings. The minimum Gasteiger partial charge on any atom is -0.381 e. The maximum absolute atomic E-state index is 10.8. The second-order valence-corrected chi connectivity index (χ2v) is 5.60. The van der Waals surface area contributed by atoms with Gasteiger partial charge in [-0.05, 0) is 36.4 Å². The van der Waals surface area contributed by atoms with Gasteiger partial charge in [-0.3, -0.25) is 4.55 Å². The van der Waals surface area contributed by atoms with Crippen LogP contribution < -0.4 is 0 Å². The van der Waals surface area contributed by atoms with Crippen molar-refractivity contribution in [1.29, 1.82) is 0 Å². The predicted octanol–water partition coefficient (Wildman–Crippen LogP) is 1.03. The van der Waals surface area contributed by atoms with E-state index in [1.165, 1.54) is 0 Å². The Hall–Kier alpha value is 0.410. The second-order valence-electron chi connectivity index (χ2n) is 3.30. The molecule has 14 heavy (non-hydrogen) atoms. The van der Waals surface area contributed by atoms with Crippen molar-refractivity contribution in [3.63, 3.8) is 0 Å². The van der Waals surface area contributed by atoms with Crippen LogP contribution in [0.1, 0.15) is 12.8 Å². The Labute approximate surface area is 92.9 Å². The summed E-state index contributed by atoms with van der Waals surface area (Å²) in [5.41, 5.74) is -0.936. The molecule has 1 N–H and O–H groups in total. The Morgan fingerprint density at radius 1 is 1.36 bits per heavy atom. The van der Waals surface area contributed by atoms with Crippen LogP contribution in [0.2, 0.25) is 0 Å². The molecule has 0 aromatic heterocycles. The summed E-state index contributed by atoms with van der Waals surface area (Å²) in [7, 11) is -4.09. The SMILES string of the molecule is O=S(=O)(O)CC1(N(Cl)Cl)CCOCC1. The van der Waals surface area contributed by atoms with Gasteiger partial charge in [-0.1, -0.05) is 0 Å². The largest absolute Gasteiger partial charge is 0.381 e. The molecule has 8 heteroatoms. The number of ether oxygens (including phenoxy) is 1. The summed E-state index contributed by atoms with van der Waals surface area (Å²) in [5.74, 6) is -0.476. The van der Waals surface area contributed by atoms with Gasteiger partial charge in [0.1, 0.15) is 0 Å². The van der Waals surface area contributed by atoms with Crippen LogP contribution >= 0.6 is 23.6 Å². The predicted molar refractivity (Wildman–Crippen MR) is 52.7 cm³/mol. The van der Waals surface area contributed by atoms with E-state index in [4.69, 9.17) is 32.8 Å². The molecule has 1 saturated heterocycles. The highest BCUT2D eigenvalue weighted by Crippen LogP contribution is 2.32. The van der Waals surface area contributed by atoms with Crippen molar-refractivity contribution in [2.45, 2.75) is 18.4 Å². The zero-order valence-electron chi connectivity index (χ0n) is 7.32. The van der Waals surface area contributed by atoms with E-state index in [1.807, 2.05) is 0 Å². The molecule has 5 nitrogen and oxygen atoms in total. The highest BCUT2D eigenvalue weighted by atomic mass is 35.5. The van der Waals surface area contributed by atoms with Crippen LogP contribution in [-0.4, -0.2) is 41.4 Å². The average molecular weight is 264 g/mol. The van der Waals surface area contributed by atoms with Crippen molar-refractivity contribution in [3.05, 3.63) is 0 Å². The van der Waals surface area contributed by atoms with E-state index in [0.29, 0.717) is 26.1 Å². The molecule has 0 spiro atoms. The van der Waals surface area contributed by atoms with Crippen LogP contribution in [0.3, 0.4) is 0 Å². The number of halogens is 2. The minimum atomic E-state index is -4.09. The van der Waals surface area contributed by atoms with Gasteiger partial charge >= 0.3 is 0 Å². The van der Waals surface area contributed by atoms with Crippen LogP contribution in [0, 0.1) is 0 Å². The summed E-state index contributed by atoms with van der Waals surface area (Å²) in [4.78, 5) is 0. The summed E-state index contributed by atoms with van der Waals surface area (Å²) in [6, 6.07) is 0. The fourth-order valence-corrected chi connectivity index (χ4v) is 3.15. The highest BCUT2D eigenvalue weighted by molar-refractivity contribution is 7.85. The lowest BCUT2D eigenvalue weighted by atomic mass is 9.94. The number of rotatable bonds is 3. The monoisotopic (exact) mass is 263 g/mol. The lowest BCUT2D eigenvalue weighted by Crippen LogP contribution is -2.49. The molecule has 0 radical (unpaired) electrons. The van der Waals surface area contributed by atoms with Crippen molar-refractivity contribution >= 4 is 33.7 Å². The van der Waals surface area contributed by atoms with Crippen LogP contribution in [0.25, 0.3) is 0 Å². The van der Waals surface area contributed by atoms with Gasteiger partial charge < -0.3 is 4.74 Å². The highest BCUT2D eigenvalue weighted by Gasteiger charge is 2.41. The summed E-state index contributed by atoms with van der Waals surface area (Å²) in [6.07, 6.45) is 0.750. The topological polar surface area (TPSA) is 66.8 Å². The molecular formula is C6H11Cl2NO4S. The van der Waals surface area contributed by atoms with E-state index in [9.17, 15) is 8.42 Å². The number of nitrogens with zero attached hydrogens (tertiary/aromatic N) is 1. The Morgan fingerprint density at radius 2 is 1.86 bits per heavy atom. The van der Waals surface area contributed by atoms with E-state index >= 15 is 0 Å². The summed E-state index contributed by atoms with van der Waals surface area (Å²) >= 11 is 11.2. The van der Waals surface area contributed by atoms with E-state index < -0.39 is 21.4 Å². The van der Waals surface area contributed by atoms with Gasteiger partial charge in [-0.25, -0.2) is 0 Å². The number of hydrogen-bond donors (Lipinski definition) is 1. The van der Waals surface area contributed by atoms with Gasteiger partial charge in [-0.2, -0.15) is 8.42 Å². The quantitative estimate of drug-likeness (QED) is 0.609. The van der Waals surface area contributed by atoms with Crippen molar-refractivity contribution in [1.82, 2.24) is 3.94 Å². The number of hydrogen-bond acceptors (Lipinski definition) is 4. The maximum Gasteiger partial charge on any atom is 0.266 e. The molecule has 84 valence electrons. The van der Waals surface area contributed by atoms with Gasteiger partial charge in [0, 0.05) is 13.2 Å². The van der Waals surface area contributed by atoms with Crippen LogP contribution in [0.5, 0.6) is 0 Å². The van der Waals surface area contributed by atoms with Gasteiger partial charge in [0.05, 0.1) is 11.3 Å². The smallest absolute Gasteiger partial charge is 0.266 e. The molecule has 0 bridgehead atoms. The first kappa shape index (κ1) is 12.5. The van der Waals surface area contributed by atoms with Gasteiger partial charge in [-0.15, -0.1) is 3.94 Å². The van der Waals surface area contributed by atoms with Crippen LogP contribution in [0.15, 0.2) is 0 Å². The maximum atomic E-state index is 10.8. The molecule has 0 aliphatic carbocycles. The third-order valence-electron chi connectivity index (χ3n) is 2.23. The molecular weight excluding hydrogens is 253 g/mol. The van der Waals surface area contributed by atoms with Gasteiger partial charge in [0.2, 0.25) is 0 Å². The van der Waals surface area contributed by atoms with Gasteiger partial charge in [0.25, 0.3) is 10.1 Å². The fourth-order valence-electron chi connectivity index (χ4n) is 1.45. The zero-order valence-corrected chi connectivity index (χ0v) is 9.65. The lowest BCUT2D eigenvalue weighted by molar-refractivity contribution is 0.0359. The third kappa shape index (κ3) is 3.22. The molecule has 1 heterocycles. The third-order valence-corrected chi connectivity index (χ3v) is 3.85. The molecule has 1 aliphatic rings. The summed E-state index contributed by atoms with van der Waals surface area (Å²) in [5, 5.41) is 0. The fraction of sp³-hybridized carbons (Fsp3) is 1.00. The van der Waals surface area contributed by atoms with Crippen LogP contribution in [-0.2, 0) is 14.9 Å². The summed E-state index contributed by atoms with van der Waals surface area (Å²) < 4.78 is 36.2. The Kier molecular flexibility index (Phi) is 4.02. The molecule has 0 saturated carbocycles. The van der Waals surface area contributed by atoms with E-state index in [2.05, 4.69) is 0 Å². The first-order chi connectivity index (χ1) is 6.36. The Bertz CT molecular complexity index is 286. The molecule has 1 aliphatic heterocycles. The molecule has 0 atom stereocenters. The Balaban J connectivity index is 2.81. The van der Waals surface area contributed by atoms with E-state index in [-0.39, 0.29) is 0 Å². The first-order valence-electron chi connectivity index (χ1n) is 4.00. The zero-order chi connectivity index (χ0) is 10.8. The summed E-state index contributed by atoms with van der Waals surface area (Å²) in [6.45, 7) is 0.761. The Morgan fingerprint density at radius 3 is 2.21 bits per heavy atom. The van der Waals surface area contributed by atoms with Crippen molar-refractivity contribution in [3.8, 4) is 0 Å². The van der Waals surface area contributed by atoms with E-state index in [1.54, 1.807) is 0 Å². The van der Waals surface area contributed by atoms with E-state index in [0.717, 1.165) is 3.94 Å². The molecule has 0 aromatic rings. The standard InChI is InChI=1S/C6H11Cl2NO4S/c7-9(8)6(5-14(10,11)12)1-3-13-4-2-6/h1-5H2,(H,10,11,12). The molecule has 0 unspecified atom stereocenters. The lowest BCUT2D eigenvalue weighted by Gasteiger charge is -2.37. The van der Waals surface area contributed by atoms with Gasteiger partial charge in [0.15, 0.2) is 0 Å². The average Bonchev–Trinajstić information content (AvgIpc) is 2.02. The first-order valence-corrected chi connectivity index (χ1v) is 6.29. The normalized spacial score (nSPS) is 22.6. The molecule has 0 amide bonds. The molecule has 1 rings (SSSR count). The minimum absolute atomic E-state index is 0.375. The van der Waals surface area contributed by atoms with Crippen LogP contribution in [0.4, 0.5) is 0 Å². The van der Waals surface area contributed by atoms with Crippen molar-refractivity contribution < 1.29 is 17.7 Å². The molecule has 0 aromatic carbocycles. The van der Waals surface area contributed by atoms with Crippen molar-refractivity contribution in [2.24, 2.45) is 0 Å². The van der Waals surface area contributed by atoms with Crippen molar-refractivity contribution in [2.75, 3.05) is 19.0 Å². The second kappa shape index (κ2) is 4.51.